The first-order valence-corrected chi connectivity index (χ1v) is 11.5. The molecule has 0 spiro atoms. The molecule has 1 N–H and O–H groups in total. The quantitative estimate of drug-likeness (QED) is 0.719. The van der Waals surface area contributed by atoms with Gasteiger partial charge < -0.3 is 10.1 Å². The Labute approximate surface area is 179 Å². The zero-order valence-electron chi connectivity index (χ0n) is 16.9. The molecule has 0 saturated carbocycles. The molecule has 0 aliphatic carbocycles. The predicted molar refractivity (Wildman–Crippen MR) is 114 cm³/mol. The number of nitrogens with zero attached hydrogens (tertiary/aromatic N) is 3. The number of hydrogen-bond acceptors (Lipinski definition) is 5. The zero-order valence-corrected chi connectivity index (χ0v) is 19.3. The number of morpholine rings is 1. The van der Waals surface area contributed by atoms with Crippen LogP contribution in [0.15, 0.2) is 33.6 Å². The van der Waals surface area contributed by atoms with Crippen LogP contribution in [-0.4, -0.2) is 54.7 Å². The van der Waals surface area contributed by atoms with Crippen molar-refractivity contribution in [2.75, 3.05) is 31.6 Å². The number of carbonyl (C=O) groups excluding carboxylic acids is 1. The maximum Gasteiger partial charge on any atom is 0.256 e. The number of rotatable bonds is 4. The van der Waals surface area contributed by atoms with Gasteiger partial charge in [-0.2, -0.15) is 9.40 Å². The van der Waals surface area contributed by atoms with Crippen molar-refractivity contribution in [3.8, 4) is 0 Å². The number of anilines is 1. The lowest BCUT2D eigenvalue weighted by molar-refractivity contribution is 0.0730. The molecule has 2 heterocycles. The first-order chi connectivity index (χ1) is 13.5. The molecule has 1 aliphatic rings. The van der Waals surface area contributed by atoms with Crippen LogP contribution in [0.4, 0.5) is 5.82 Å². The first kappa shape index (κ1) is 21.9. The molecule has 1 aromatic carbocycles. The monoisotopic (exact) mass is 484 g/mol. The molecule has 1 amide bonds. The number of ether oxygens (including phenoxy) is 1. The Bertz CT molecular complexity index is 1020. The van der Waals surface area contributed by atoms with E-state index in [4.69, 9.17) is 4.74 Å². The van der Waals surface area contributed by atoms with Gasteiger partial charge in [0.2, 0.25) is 10.0 Å². The van der Waals surface area contributed by atoms with Crippen LogP contribution >= 0.6 is 15.9 Å². The maximum atomic E-state index is 13.0. The normalized spacial score (nSPS) is 16.0. The van der Waals surface area contributed by atoms with Crippen molar-refractivity contribution in [1.82, 2.24) is 14.1 Å². The highest BCUT2D eigenvalue weighted by molar-refractivity contribution is 9.10. The fourth-order valence-corrected chi connectivity index (χ4v) is 5.42. The first-order valence-electron chi connectivity index (χ1n) is 9.26. The predicted octanol–water partition coefficient (Wildman–Crippen LogP) is 2.98. The van der Waals surface area contributed by atoms with Crippen LogP contribution in [0.5, 0.6) is 0 Å². The van der Waals surface area contributed by atoms with Crippen molar-refractivity contribution in [2.45, 2.75) is 38.1 Å². The van der Waals surface area contributed by atoms with E-state index in [-0.39, 0.29) is 29.1 Å². The molecule has 0 radical (unpaired) electrons. The Morgan fingerprint density at radius 2 is 1.86 bits per heavy atom. The van der Waals surface area contributed by atoms with Gasteiger partial charge in [-0.1, -0.05) is 0 Å². The van der Waals surface area contributed by atoms with Crippen LogP contribution in [0.1, 0.15) is 36.8 Å². The van der Waals surface area contributed by atoms with Crippen molar-refractivity contribution in [3.63, 3.8) is 0 Å². The lowest BCUT2D eigenvalue weighted by Crippen LogP contribution is -2.40. The molecule has 0 unspecified atom stereocenters. The lowest BCUT2D eigenvalue weighted by Gasteiger charge is -2.26. The van der Waals surface area contributed by atoms with E-state index in [0.29, 0.717) is 23.5 Å². The summed E-state index contributed by atoms with van der Waals surface area (Å²) in [5.41, 5.74) is 0.711. The van der Waals surface area contributed by atoms with E-state index < -0.39 is 15.9 Å². The molecule has 10 heteroatoms. The fraction of sp³-hybridized carbons (Fsp3) is 0.474. The molecule has 3 rings (SSSR count). The Morgan fingerprint density at radius 3 is 2.48 bits per heavy atom. The summed E-state index contributed by atoms with van der Waals surface area (Å²) < 4.78 is 34.8. The molecule has 1 fully saturated rings. The number of halogens is 1. The van der Waals surface area contributed by atoms with Crippen molar-refractivity contribution in [1.29, 1.82) is 0 Å². The molecule has 1 saturated heterocycles. The summed E-state index contributed by atoms with van der Waals surface area (Å²) >= 11 is 3.31. The molecule has 1 aliphatic heterocycles. The van der Waals surface area contributed by atoms with Gasteiger partial charge in [0, 0.05) is 29.2 Å². The van der Waals surface area contributed by atoms with Crippen LogP contribution in [-0.2, 0) is 20.3 Å². The second-order valence-electron chi connectivity index (χ2n) is 7.87. The van der Waals surface area contributed by atoms with E-state index in [0.717, 1.165) is 5.69 Å². The molecule has 2 aromatic rings. The summed E-state index contributed by atoms with van der Waals surface area (Å²) in [4.78, 5) is 12.9. The largest absolute Gasteiger partial charge is 0.379 e. The van der Waals surface area contributed by atoms with Gasteiger partial charge in [-0.15, -0.1) is 0 Å². The van der Waals surface area contributed by atoms with Gasteiger partial charge in [-0.25, -0.2) is 13.1 Å². The molecule has 8 nitrogen and oxygen atoms in total. The summed E-state index contributed by atoms with van der Waals surface area (Å²) in [6.45, 7) is 9.10. The van der Waals surface area contributed by atoms with Gasteiger partial charge in [0.25, 0.3) is 5.91 Å². The number of sulfonamides is 1. The Balaban J connectivity index is 1.91. The molecular formula is C19H25BrN4O4S. The number of benzene rings is 1. The fourth-order valence-electron chi connectivity index (χ4n) is 3.06. The van der Waals surface area contributed by atoms with E-state index in [1.165, 1.54) is 10.4 Å². The van der Waals surface area contributed by atoms with E-state index >= 15 is 0 Å². The topological polar surface area (TPSA) is 93.5 Å². The molecule has 0 atom stereocenters. The second-order valence-corrected chi connectivity index (χ2v) is 10.6. The Hall–Kier alpha value is -1.75. The summed E-state index contributed by atoms with van der Waals surface area (Å²) in [7, 11) is -3.74. The summed E-state index contributed by atoms with van der Waals surface area (Å²) in [5.74, 6) is 0.154. The summed E-state index contributed by atoms with van der Waals surface area (Å²) in [6, 6.07) is 6.35. The summed E-state index contributed by atoms with van der Waals surface area (Å²) in [5, 5.41) is 7.29. The highest BCUT2D eigenvalue weighted by Crippen LogP contribution is 2.28. The number of aromatic nitrogens is 2. The van der Waals surface area contributed by atoms with E-state index in [1.54, 1.807) is 22.9 Å². The lowest BCUT2D eigenvalue weighted by atomic mass is 10.1. The maximum absolute atomic E-state index is 13.0. The van der Waals surface area contributed by atoms with Crippen molar-refractivity contribution < 1.29 is 17.9 Å². The molecule has 0 bridgehead atoms. The van der Waals surface area contributed by atoms with Gasteiger partial charge in [-0.3, -0.25) is 4.79 Å². The number of nitrogens with one attached hydrogen (secondary N) is 1. The van der Waals surface area contributed by atoms with Gasteiger partial charge in [-0.05, 0) is 61.8 Å². The SMILES string of the molecule is Cc1cc(NC(=O)c2ccc(Br)c(S(=O)(=O)N3CCOCC3)c2)n(C(C)(C)C)n1. The zero-order chi connectivity index (χ0) is 21.4. The Morgan fingerprint density at radius 1 is 1.21 bits per heavy atom. The van der Waals surface area contributed by atoms with Crippen LogP contribution in [0.3, 0.4) is 0 Å². The third-order valence-corrected chi connectivity index (χ3v) is 7.38. The third-order valence-electron chi connectivity index (χ3n) is 4.49. The van der Waals surface area contributed by atoms with Crippen LogP contribution in [0.2, 0.25) is 0 Å². The van der Waals surface area contributed by atoms with Crippen LogP contribution < -0.4 is 5.32 Å². The van der Waals surface area contributed by atoms with Crippen LogP contribution in [0.25, 0.3) is 0 Å². The van der Waals surface area contributed by atoms with E-state index in [2.05, 4.69) is 26.3 Å². The van der Waals surface area contributed by atoms with Gasteiger partial charge in [0.15, 0.2) is 0 Å². The highest BCUT2D eigenvalue weighted by Gasteiger charge is 2.29. The molecular weight excluding hydrogens is 460 g/mol. The number of carbonyl (C=O) groups is 1. The van der Waals surface area contributed by atoms with Crippen molar-refractivity contribution in [3.05, 3.63) is 40.0 Å². The number of hydrogen-bond donors (Lipinski definition) is 1. The third kappa shape index (κ3) is 4.71. The van der Waals surface area contributed by atoms with Gasteiger partial charge in [0.1, 0.15) is 5.82 Å². The minimum Gasteiger partial charge on any atom is -0.379 e. The average Bonchev–Trinajstić information content (AvgIpc) is 3.03. The highest BCUT2D eigenvalue weighted by atomic mass is 79.9. The minimum absolute atomic E-state index is 0.0626. The minimum atomic E-state index is -3.74. The summed E-state index contributed by atoms with van der Waals surface area (Å²) in [6.07, 6.45) is 0. The number of amides is 1. The van der Waals surface area contributed by atoms with E-state index in [1.807, 2.05) is 27.7 Å². The van der Waals surface area contributed by atoms with Crippen molar-refractivity contribution in [2.24, 2.45) is 0 Å². The van der Waals surface area contributed by atoms with Crippen molar-refractivity contribution >= 4 is 37.7 Å². The smallest absolute Gasteiger partial charge is 0.256 e. The Kier molecular flexibility index (Phi) is 6.19. The molecule has 1 aromatic heterocycles. The second kappa shape index (κ2) is 8.17. The van der Waals surface area contributed by atoms with Crippen LogP contribution in [0, 0.1) is 6.92 Å². The molecule has 158 valence electrons. The number of aryl methyl sites for hydroxylation is 1. The standard InChI is InChI=1S/C19H25BrN4O4S/c1-13-11-17(24(22-13)19(2,3)4)21-18(25)14-5-6-15(20)16(12-14)29(26,27)23-7-9-28-10-8-23/h5-6,11-12H,7-10H2,1-4H3,(H,21,25). The average molecular weight is 485 g/mol. The van der Waals surface area contributed by atoms with Gasteiger partial charge in [0.05, 0.1) is 29.3 Å². The molecule has 29 heavy (non-hydrogen) atoms. The van der Waals surface area contributed by atoms with E-state index in [9.17, 15) is 13.2 Å². The van der Waals surface area contributed by atoms with Gasteiger partial charge >= 0.3 is 0 Å².